The molecule has 0 amide bonds. The Bertz CT molecular complexity index is 657. The van der Waals surface area contributed by atoms with Gasteiger partial charge in [-0.1, -0.05) is 26.0 Å². The van der Waals surface area contributed by atoms with E-state index >= 15 is 0 Å². The first-order valence-corrected chi connectivity index (χ1v) is 7.18. The molecular formula is C15H14F3NOS. The molecule has 0 bridgehead atoms. The predicted molar refractivity (Wildman–Crippen MR) is 78.3 cm³/mol. The van der Waals surface area contributed by atoms with Crippen molar-refractivity contribution in [2.75, 3.05) is 5.73 Å². The first kappa shape index (κ1) is 15.6. The maximum atomic E-state index is 12.6. The van der Waals surface area contributed by atoms with Crippen molar-refractivity contribution in [3.05, 3.63) is 40.8 Å². The van der Waals surface area contributed by atoms with Gasteiger partial charge >= 0.3 is 6.18 Å². The molecule has 0 saturated heterocycles. The van der Waals surface area contributed by atoms with Crippen LogP contribution in [0.3, 0.4) is 0 Å². The molecule has 6 heteroatoms. The standard InChI is InChI=1S/C15H14F3NOS/c1-8(2)13(20)12-11(7-21-14(12)19)9-3-5-10(6-4-9)15(16,17)18/h3-8H,19H2,1-2H3. The lowest BCUT2D eigenvalue weighted by Gasteiger charge is -2.10. The molecule has 0 aliphatic heterocycles. The van der Waals surface area contributed by atoms with Crippen LogP contribution < -0.4 is 5.73 Å². The second-order valence-corrected chi connectivity index (χ2v) is 5.89. The SMILES string of the molecule is CC(C)C(=O)c1c(-c2ccc(C(F)(F)F)cc2)csc1N. The molecule has 1 aromatic carbocycles. The quantitative estimate of drug-likeness (QED) is 0.823. The summed E-state index contributed by atoms with van der Waals surface area (Å²) in [6, 6.07) is 4.74. The van der Waals surface area contributed by atoms with E-state index < -0.39 is 11.7 Å². The number of carbonyl (C=O) groups excluding carboxylic acids is 1. The van der Waals surface area contributed by atoms with Gasteiger partial charge in [-0.15, -0.1) is 11.3 Å². The van der Waals surface area contributed by atoms with Gasteiger partial charge in [0, 0.05) is 16.9 Å². The van der Waals surface area contributed by atoms with Crippen LogP contribution in [0.15, 0.2) is 29.6 Å². The molecule has 21 heavy (non-hydrogen) atoms. The van der Waals surface area contributed by atoms with E-state index in [9.17, 15) is 18.0 Å². The van der Waals surface area contributed by atoms with Gasteiger partial charge in [-0.2, -0.15) is 13.2 Å². The van der Waals surface area contributed by atoms with Gasteiger partial charge in [0.15, 0.2) is 5.78 Å². The number of ketones is 1. The van der Waals surface area contributed by atoms with Crippen molar-refractivity contribution in [3.63, 3.8) is 0 Å². The van der Waals surface area contributed by atoms with Gasteiger partial charge in [-0.05, 0) is 17.7 Å². The zero-order valence-corrected chi connectivity index (χ0v) is 12.3. The molecule has 2 rings (SSSR count). The molecule has 0 fully saturated rings. The van der Waals surface area contributed by atoms with E-state index in [4.69, 9.17) is 5.73 Å². The van der Waals surface area contributed by atoms with Gasteiger partial charge in [-0.25, -0.2) is 0 Å². The van der Waals surface area contributed by atoms with Crippen molar-refractivity contribution in [2.45, 2.75) is 20.0 Å². The van der Waals surface area contributed by atoms with E-state index in [1.807, 2.05) is 0 Å². The second-order valence-electron chi connectivity index (χ2n) is 4.98. The number of halogens is 3. The van der Waals surface area contributed by atoms with Gasteiger partial charge in [0.05, 0.1) is 16.1 Å². The number of carbonyl (C=O) groups is 1. The maximum Gasteiger partial charge on any atom is 0.416 e. The minimum Gasteiger partial charge on any atom is -0.390 e. The third kappa shape index (κ3) is 3.10. The van der Waals surface area contributed by atoms with Crippen molar-refractivity contribution >= 4 is 22.1 Å². The van der Waals surface area contributed by atoms with Crippen LogP contribution in [0.5, 0.6) is 0 Å². The number of nitrogen functional groups attached to an aromatic ring is 1. The molecule has 1 heterocycles. The number of alkyl halides is 3. The normalized spacial score (nSPS) is 11.9. The van der Waals surface area contributed by atoms with E-state index in [0.717, 1.165) is 12.1 Å². The monoisotopic (exact) mass is 313 g/mol. The highest BCUT2D eigenvalue weighted by atomic mass is 32.1. The van der Waals surface area contributed by atoms with Gasteiger partial charge in [0.25, 0.3) is 0 Å². The van der Waals surface area contributed by atoms with Crippen molar-refractivity contribution in [1.82, 2.24) is 0 Å². The molecule has 0 saturated carbocycles. The molecule has 112 valence electrons. The number of Topliss-reactive ketones (excluding diaryl/α,β-unsaturated/α-hetero) is 1. The molecule has 0 unspecified atom stereocenters. The number of hydrogen-bond acceptors (Lipinski definition) is 3. The summed E-state index contributed by atoms with van der Waals surface area (Å²) in [5.41, 5.74) is 6.66. The van der Waals surface area contributed by atoms with Crippen LogP contribution in [0.2, 0.25) is 0 Å². The highest BCUT2D eigenvalue weighted by Crippen LogP contribution is 2.37. The molecule has 0 radical (unpaired) electrons. The molecule has 0 spiro atoms. The van der Waals surface area contributed by atoms with Crippen LogP contribution in [0.1, 0.15) is 29.8 Å². The Kier molecular flexibility index (Phi) is 4.09. The molecule has 0 aliphatic rings. The van der Waals surface area contributed by atoms with E-state index in [1.165, 1.54) is 23.5 Å². The van der Waals surface area contributed by atoms with Gasteiger partial charge in [0.2, 0.25) is 0 Å². The Morgan fingerprint density at radius 2 is 1.76 bits per heavy atom. The number of benzene rings is 1. The van der Waals surface area contributed by atoms with Gasteiger partial charge in [0.1, 0.15) is 0 Å². The number of rotatable bonds is 3. The van der Waals surface area contributed by atoms with Crippen LogP contribution >= 0.6 is 11.3 Å². The van der Waals surface area contributed by atoms with Crippen molar-refractivity contribution in [2.24, 2.45) is 5.92 Å². The van der Waals surface area contributed by atoms with Crippen LogP contribution in [0, 0.1) is 5.92 Å². The van der Waals surface area contributed by atoms with Crippen LogP contribution in [-0.2, 0) is 6.18 Å². The minimum absolute atomic E-state index is 0.108. The largest absolute Gasteiger partial charge is 0.416 e. The Morgan fingerprint density at radius 3 is 2.24 bits per heavy atom. The summed E-state index contributed by atoms with van der Waals surface area (Å²) in [5, 5.41) is 2.09. The zero-order chi connectivity index (χ0) is 15.8. The summed E-state index contributed by atoms with van der Waals surface area (Å²) >= 11 is 1.22. The molecule has 0 atom stereocenters. The smallest absolute Gasteiger partial charge is 0.390 e. The first-order valence-electron chi connectivity index (χ1n) is 6.30. The lowest BCUT2D eigenvalue weighted by Crippen LogP contribution is -2.09. The average Bonchev–Trinajstić information content (AvgIpc) is 2.78. The first-order chi connectivity index (χ1) is 9.71. The van der Waals surface area contributed by atoms with E-state index in [2.05, 4.69) is 0 Å². The number of anilines is 1. The summed E-state index contributed by atoms with van der Waals surface area (Å²) in [5.74, 6) is -0.334. The Balaban J connectivity index is 2.46. The van der Waals surface area contributed by atoms with Crippen molar-refractivity contribution < 1.29 is 18.0 Å². The number of hydrogen-bond donors (Lipinski definition) is 1. The zero-order valence-electron chi connectivity index (χ0n) is 11.5. The maximum absolute atomic E-state index is 12.6. The van der Waals surface area contributed by atoms with Crippen LogP contribution in [0.25, 0.3) is 11.1 Å². The number of thiophene rings is 1. The summed E-state index contributed by atoms with van der Waals surface area (Å²) in [6.45, 7) is 3.52. The van der Waals surface area contributed by atoms with Crippen LogP contribution in [0.4, 0.5) is 18.2 Å². The fourth-order valence-corrected chi connectivity index (χ4v) is 2.79. The van der Waals surface area contributed by atoms with Crippen molar-refractivity contribution in [1.29, 1.82) is 0 Å². The number of nitrogens with two attached hydrogens (primary N) is 1. The molecular weight excluding hydrogens is 299 g/mol. The fourth-order valence-electron chi connectivity index (χ4n) is 1.97. The molecule has 2 aromatic rings. The molecule has 2 N–H and O–H groups in total. The minimum atomic E-state index is -4.37. The fraction of sp³-hybridized carbons (Fsp3) is 0.267. The van der Waals surface area contributed by atoms with Gasteiger partial charge in [-0.3, -0.25) is 4.79 Å². The third-order valence-electron chi connectivity index (χ3n) is 3.11. The molecule has 0 aliphatic carbocycles. The highest BCUT2D eigenvalue weighted by molar-refractivity contribution is 7.15. The average molecular weight is 313 g/mol. The summed E-state index contributed by atoms with van der Waals surface area (Å²) in [4.78, 5) is 12.2. The highest BCUT2D eigenvalue weighted by Gasteiger charge is 2.30. The predicted octanol–water partition coefficient (Wildman–Crippen LogP) is 4.85. The van der Waals surface area contributed by atoms with E-state index in [1.54, 1.807) is 19.2 Å². The van der Waals surface area contributed by atoms with Crippen molar-refractivity contribution in [3.8, 4) is 11.1 Å². The molecule has 1 aromatic heterocycles. The van der Waals surface area contributed by atoms with E-state index in [0.29, 0.717) is 21.7 Å². The Hall–Kier alpha value is -1.82. The summed E-state index contributed by atoms with van der Waals surface area (Å²) in [7, 11) is 0. The third-order valence-corrected chi connectivity index (χ3v) is 3.93. The Morgan fingerprint density at radius 1 is 1.19 bits per heavy atom. The molecule has 2 nitrogen and oxygen atoms in total. The second kappa shape index (κ2) is 5.52. The lowest BCUT2D eigenvalue weighted by atomic mass is 9.95. The summed E-state index contributed by atoms with van der Waals surface area (Å²) in [6.07, 6.45) is -4.37. The van der Waals surface area contributed by atoms with Crippen LogP contribution in [-0.4, -0.2) is 5.78 Å². The van der Waals surface area contributed by atoms with Gasteiger partial charge < -0.3 is 5.73 Å². The van der Waals surface area contributed by atoms with E-state index in [-0.39, 0.29) is 11.7 Å². The lowest BCUT2D eigenvalue weighted by molar-refractivity contribution is -0.137. The summed E-state index contributed by atoms with van der Waals surface area (Å²) < 4.78 is 37.7. The topological polar surface area (TPSA) is 43.1 Å². The Labute approximate surface area is 124 Å².